The van der Waals surface area contributed by atoms with Crippen molar-refractivity contribution in [3.05, 3.63) is 41.0 Å². The molecule has 0 bridgehead atoms. The Balaban J connectivity index is 2.97. The first-order valence-electron chi connectivity index (χ1n) is 6.91. The standard InChI is InChI=1S/C17H22O4/c1-12(2)7-5-9-15(19)17-14(11-21-13(3)18)8-6-10-16(17)20-4/h6-8,10H,5,9,11H2,1-4H3. The molecule has 0 spiro atoms. The third-order valence-electron chi connectivity index (χ3n) is 2.97. The molecule has 0 aromatic heterocycles. The first-order valence-corrected chi connectivity index (χ1v) is 6.91. The van der Waals surface area contributed by atoms with Crippen LogP contribution < -0.4 is 4.74 Å². The maximum Gasteiger partial charge on any atom is 0.302 e. The van der Waals surface area contributed by atoms with E-state index >= 15 is 0 Å². The molecule has 0 heterocycles. The Morgan fingerprint density at radius 2 is 1.90 bits per heavy atom. The fourth-order valence-corrected chi connectivity index (χ4v) is 1.98. The van der Waals surface area contributed by atoms with Crippen LogP contribution in [0.3, 0.4) is 0 Å². The van der Waals surface area contributed by atoms with Gasteiger partial charge in [0, 0.05) is 18.9 Å². The second-order valence-corrected chi connectivity index (χ2v) is 5.02. The van der Waals surface area contributed by atoms with Gasteiger partial charge in [0.1, 0.15) is 12.4 Å². The lowest BCUT2D eigenvalue weighted by molar-refractivity contribution is -0.142. The summed E-state index contributed by atoms with van der Waals surface area (Å²) in [6.45, 7) is 5.42. The third kappa shape index (κ3) is 5.42. The van der Waals surface area contributed by atoms with Crippen molar-refractivity contribution in [3.63, 3.8) is 0 Å². The molecule has 0 saturated heterocycles. The van der Waals surface area contributed by atoms with Gasteiger partial charge in [-0.1, -0.05) is 23.8 Å². The number of hydrogen-bond acceptors (Lipinski definition) is 4. The number of carbonyl (C=O) groups is 2. The highest BCUT2D eigenvalue weighted by Gasteiger charge is 2.17. The topological polar surface area (TPSA) is 52.6 Å². The van der Waals surface area contributed by atoms with Crippen LogP contribution in [0.5, 0.6) is 5.75 Å². The zero-order valence-electron chi connectivity index (χ0n) is 13.1. The number of benzene rings is 1. The van der Waals surface area contributed by atoms with Gasteiger partial charge in [-0.3, -0.25) is 9.59 Å². The number of hydrogen-bond donors (Lipinski definition) is 0. The van der Waals surface area contributed by atoms with Crippen molar-refractivity contribution in [1.29, 1.82) is 0 Å². The average Bonchev–Trinajstić information content (AvgIpc) is 2.43. The van der Waals surface area contributed by atoms with Gasteiger partial charge < -0.3 is 9.47 Å². The Labute approximate surface area is 125 Å². The molecule has 0 unspecified atom stereocenters. The summed E-state index contributed by atoms with van der Waals surface area (Å²) in [5.74, 6) is 0.134. The van der Waals surface area contributed by atoms with E-state index in [1.807, 2.05) is 19.9 Å². The molecule has 0 amide bonds. The van der Waals surface area contributed by atoms with Gasteiger partial charge in [0.2, 0.25) is 0 Å². The van der Waals surface area contributed by atoms with Crippen molar-refractivity contribution in [1.82, 2.24) is 0 Å². The molecule has 0 aliphatic carbocycles. The predicted molar refractivity (Wildman–Crippen MR) is 81.5 cm³/mol. The SMILES string of the molecule is COc1cccc(COC(C)=O)c1C(=O)CCC=C(C)C. The number of carbonyl (C=O) groups excluding carboxylic acids is 2. The van der Waals surface area contributed by atoms with Crippen LogP contribution in [-0.4, -0.2) is 18.9 Å². The van der Waals surface area contributed by atoms with E-state index in [0.717, 1.165) is 0 Å². The van der Waals surface area contributed by atoms with Crippen LogP contribution in [-0.2, 0) is 16.1 Å². The predicted octanol–water partition coefficient (Wildman–Crippen LogP) is 3.69. The van der Waals surface area contributed by atoms with E-state index in [4.69, 9.17) is 9.47 Å². The Kier molecular flexibility index (Phi) is 6.66. The maximum atomic E-state index is 12.4. The third-order valence-corrected chi connectivity index (χ3v) is 2.97. The number of ether oxygens (including phenoxy) is 2. The van der Waals surface area contributed by atoms with Gasteiger partial charge in [-0.25, -0.2) is 0 Å². The highest BCUT2D eigenvalue weighted by atomic mass is 16.5. The van der Waals surface area contributed by atoms with Crippen LogP contribution in [0.15, 0.2) is 29.8 Å². The van der Waals surface area contributed by atoms with Gasteiger partial charge in [-0.2, -0.15) is 0 Å². The summed E-state index contributed by atoms with van der Waals surface area (Å²) in [5.41, 5.74) is 2.36. The average molecular weight is 290 g/mol. The molecule has 0 aliphatic rings. The Morgan fingerprint density at radius 3 is 2.48 bits per heavy atom. The molecule has 1 aromatic carbocycles. The van der Waals surface area contributed by atoms with Crippen molar-refractivity contribution >= 4 is 11.8 Å². The second kappa shape index (κ2) is 8.25. The van der Waals surface area contributed by atoms with E-state index in [-0.39, 0.29) is 18.4 Å². The number of methoxy groups -OCH3 is 1. The molecule has 0 fully saturated rings. The molecule has 114 valence electrons. The molecule has 4 heteroatoms. The lowest BCUT2D eigenvalue weighted by Gasteiger charge is -2.12. The van der Waals surface area contributed by atoms with Crippen LogP contribution in [0.1, 0.15) is 49.5 Å². The summed E-state index contributed by atoms with van der Waals surface area (Å²) in [6.07, 6.45) is 3.11. The minimum atomic E-state index is -0.374. The van der Waals surface area contributed by atoms with Gasteiger partial charge >= 0.3 is 5.97 Å². The van der Waals surface area contributed by atoms with Crippen LogP contribution >= 0.6 is 0 Å². The monoisotopic (exact) mass is 290 g/mol. The highest BCUT2D eigenvalue weighted by Crippen LogP contribution is 2.25. The van der Waals surface area contributed by atoms with Gasteiger partial charge in [0.05, 0.1) is 12.7 Å². The van der Waals surface area contributed by atoms with Crippen LogP contribution in [0, 0.1) is 0 Å². The number of esters is 1. The maximum absolute atomic E-state index is 12.4. The number of rotatable bonds is 7. The summed E-state index contributed by atoms with van der Waals surface area (Å²) >= 11 is 0. The Morgan fingerprint density at radius 1 is 1.19 bits per heavy atom. The number of Topliss-reactive ketones (excluding diaryl/α,β-unsaturated/α-hetero) is 1. The van der Waals surface area contributed by atoms with E-state index < -0.39 is 0 Å². The lowest BCUT2D eigenvalue weighted by Crippen LogP contribution is -2.09. The fourth-order valence-electron chi connectivity index (χ4n) is 1.98. The minimum absolute atomic E-state index is 0.00731. The van der Waals surface area contributed by atoms with Gasteiger partial charge in [-0.15, -0.1) is 0 Å². The normalized spacial score (nSPS) is 9.90. The summed E-state index contributed by atoms with van der Waals surface area (Å²) in [4.78, 5) is 23.4. The quantitative estimate of drug-likeness (QED) is 0.436. The zero-order valence-corrected chi connectivity index (χ0v) is 13.1. The molecule has 1 rings (SSSR count). The Bertz CT molecular complexity index is 540. The van der Waals surface area contributed by atoms with Gasteiger partial charge in [0.25, 0.3) is 0 Å². The van der Waals surface area contributed by atoms with Crippen LogP contribution in [0.4, 0.5) is 0 Å². The first-order chi connectivity index (χ1) is 9.95. The molecule has 0 radical (unpaired) electrons. The van der Waals surface area contributed by atoms with Crippen molar-refractivity contribution < 1.29 is 19.1 Å². The summed E-state index contributed by atoms with van der Waals surface area (Å²) in [7, 11) is 1.53. The van der Waals surface area contributed by atoms with E-state index in [2.05, 4.69) is 0 Å². The van der Waals surface area contributed by atoms with Crippen molar-refractivity contribution in [2.24, 2.45) is 0 Å². The summed E-state index contributed by atoms with van der Waals surface area (Å²) < 4.78 is 10.3. The van der Waals surface area contributed by atoms with Crippen molar-refractivity contribution in [3.8, 4) is 5.75 Å². The Hall–Kier alpha value is -2.10. The molecule has 0 aliphatic heterocycles. The van der Waals surface area contributed by atoms with Gasteiger partial charge in [0.15, 0.2) is 5.78 Å². The molecule has 0 atom stereocenters. The van der Waals surface area contributed by atoms with E-state index in [1.54, 1.807) is 18.2 Å². The minimum Gasteiger partial charge on any atom is -0.496 e. The molecule has 0 saturated carbocycles. The van der Waals surface area contributed by atoms with Gasteiger partial charge in [-0.05, 0) is 26.3 Å². The van der Waals surface area contributed by atoms with Crippen molar-refractivity contribution in [2.45, 2.75) is 40.2 Å². The van der Waals surface area contributed by atoms with E-state index in [1.165, 1.54) is 19.6 Å². The summed E-state index contributed by atoms with van der Waals surface area (Å²) in [6, 6.07) is 5.30. The van der Waals surface area contributed by atoms with Crippen LogP contribution in [0.2, 0.25) is 0 Å². The lowest BCUT2D eigenvalue weighted by atomic mass is 9.99. The molecular formula is C17H22O4. The zero-order chi connectivity index (χ0) is 15.8. The molecule has 4 nitrogen and oxygen atoms in total. The smallest absolute Gasteiger partial charge is 0.302 e. The van der Waals surface area contributed by atoms with Crippen LogP contribution in [0.25, 0.3) is 0 Å². The second-order valence-electron chi connectivity index (χ2n) is 5.02. The first kappa shape index (κ1) is 17.0. The van der Waals surface area contributed by atoms with Crippen molar-refractivity contribution in [2.75, 3.05) is 7.11 Å². The molecule has 21 heavy (non-hydrogen) atoms. The largest absolute Gasteiger partial charge is 0.496 e. The molecule has 0 N–H and O–H groups in total. The van der Waals surface area contributed by atoms with E-state index in [0.29, 0.717) is 29.7 Å². The summed E-state index contributed by atoms with van der Waals surface area (Å²) in [5, 5.41) is 0. The van der Waals surface area contributed by atoms with E-state index in [9.17, 15) is 9.59 Å². The molecular weight excluding hydrogens is 268 g/mol. The number of ketones is 1. The highest BCUT2D eigenvalue weighted by molar-refractivity contribution is 6.00. The number of allylic oxidation sites excluding steroid dienone is 2. The fraction of sp³-hybridized carbons (Fsp3) is 0.412. The molecule has 1 aromatic rings.